The summed E-state index contributed by atoms with van der Waals surface area (Å²) in [7, 11) is 0. The monoisotopic (exact) mass is 283 g/mol. The molecule has 0 aliphatic carbocycles. The van der Waals surface area contributed by atoms with E-state index >= 15 is 0 Å². The fraction of sp³-hybridized carbons (Fsp3) is 0.500. The number of ether oxygens (including phenoxy) is 1. The van der Waals surface area contributed by atoms with Crippen molar-refractivity contribution in [1.29, 1.82) is 0 Å². The van der Waals surface area contributed by atoms with Crippen LogP contribution in [-0.4, -0.2) is 30.4 Å². The highest BCUT2D eigenvalue weighted by Gasteiger charge is 2.19. The van der Waals surface area contributed by atoms with Gasteiger partial charge in [0.15, 0.2) is 0 Å². The number of nitrogens with one attached hydrogen (secondary N) is 1. The molecular formula is C14H18FNO2S. The number of benzene rings is 1. The topological polar surface area (TPSA) is 38.3 Å². The third-order valence-corrected chi connectivity index (χ3v) is 4.14. The molecule has 1 aromatic rings. The summed E-state index contributed by atoms with van der Waals surface area (Å²) in [5, 5.41) is 2.70. The Bertz CT molecular complexity index is 418. The second-order valence-corrected chi connectivity index (χ2v) is 6.01. The Morgan fingerprint density at radius 3 is 2.89 bits per heavy atom. The molecule has 3 nitrogen and oxygen atoms in total. The van der Waals surface area contributed by atoms with Gasteiger partial charge in [0, 0.05) is 18.0 Å². The molecule has 1 N–H and O–H groups in total. The van der Waals surface area contributed by atoms with E-state index in [0.29, 0.717) is 6.54 Å². The van der Waals surface area contributed by atoms with Crippen molar-refractivity contribution < 1.29 is 13.9 Å². The summed E-state index contributed by atoms with van der Waals surface area (Å²) < 4.78 is 18.2. The first-order valence-corrected chi connectivity index (χ1v) is 7.34. The maximum atomic E-state index is 12.8. The van der Waals surface area contributed by atoms with Crippen molar-refractivity contribution in [3.05, 3.63) is 30.1 Å². The normalized spacial score (nSPS) is 20.2. The Balaban J connectivity index is 1.76. The molecule has 0 spiro atoms. The van der Waals surface area contributed by atoms with Crippen LogP contribution in [0.1, 0.15) is 19.8 Å². The minimum atomic E-state index is -0.264. The first kappa shape index (κ1) is 14.3. The SMILES string of the molecule is CC(Sc1ccc(F)cc1)C(=O)NCC1CCCO1. The van der Waals surface area contributed by atoms with Crippen molar-refractivity contribution in [1.82, 2.24) is 5.32 Å². The molecule has 1 amide bonds. The highest BCUT2D eigenvalue weighted by atomic mass is 32.2. The molecule has 2 unspecified atom stereocenters. The molecule has 2 rings (SSSR count). The molecular weight excluding hydrogens is 265 g/mol. The van der Waals surface area contributed by atoms with Crippen LogP contribution in [0, 0.1) is 5.82 Å². The van der Waals surface area contributed by atoms with E-state index in [1.54, 1.807) is 12.1 Å². The van der Waals surface area contributed by atoms with E-state index in [1.165, 1.54) is 23.9 Å². The summed E-state index contributed by atoms with van der Waals surface area (Å²) in [5.41, 5.74) is 0. The standard InChI is InChI=1S/C14H18FNO2S/c1-10(19-13-6-4-11(15)5-7-13)14(17)16-9-12-3-2-8-18-12/h4-7,10,12H,2-3,8-9H2,1H3,(H,16,17). The Morgan fingerprint density at radius 1 is 1.53 bits per heavy atom. The Morgan fingerprint density at radius 2 is 2.26 bits per heavy atom. The summed E-state index contributed by atoms with van der Waals surface area (Å²) in [4.78, 5) is 12.8. The van der Waals surface area contributed by atoms with Gasteiger partial charge in [-0.25, -0.2) is 4.39 Å². The maximum Gasteiger partial charge on any atom is 0.233 e. The zero-order valence-electron chi connectivity index (χ0n) is 10.9. The van der Waals surface area contributed by atoms with Gasteiger partial charge in [-0.05, 0) is 44.0 Å². The van der Waals surface area contributed by atoms with Gasteiger partial charge in [0.1, 0.15) is 5.82 Å². The third kappa shape index (κ3) is 4.51. The molecule has 1 aromatic carbocycles. The number of halogens is 1. The van der Waals surface area contributed by atoms with Gasteiger partial charge < -0.3 is 10.1 Å². The molecule has 5 heteroatoms. The molecule has 104 valence electrons. The smallest absolute Gasteiger partial charge is 0.233 e. The van der Waals surface area contributed by atoms with Gasteiger partial charge in [0.05, 0.1) is 11.4 Å². The quantitative estimate of drug-likeness (QED) is 0.844. The predicted molar refractivity (Wildman–Crippen MR) is 73.7 cm³/mol. The average Bonchev–Trinajstić information content (AvgIpc) is 2.91. The number of amides is 1. The summed E-state index contributed by atoms with van der Waals surface area (Å²) in [6.45, 7) is 3.21. The zero-order valence-corrected chi connectivity index (χ0v) is 11.7. The second-order valence-electron chi connectivity index (χ2n) is 4.59. The van der Waals surface area contributed by atoms with Crippen LogP contribution in [0.2, 0.25) is 0 Å². The molecule has 1 heterocycles. The number of carbonyl (C=O) groups is 1. The molecule has 0 bridgehead atoms. The fourth-order valence-electron chi connectivity index (χ4n) is 1.93. The Hall–Kier alpha value is -1.07. The van der Waals surface area contributed by atoms with Gasteiger partial charge in [0.2, 0.25) is 5.91 Å². The minimum Gasteiger partial charge on any atom is -0.376 e. The summed E-state index contributed by atoms with van der Waals surface area (Å²) in [6.07, 6.45) is 2.24. The molecule has 19 heavy (non-hydrogen) atoms. The molecule has 0 aromatic heterocycles. The first-order chi connectivity index (χ1) is 9.15. The van der Waals surface area contributed by atoms with E-state index in [1.807, 2.05) is 6.92 Å². The van der Waals surface area contributed by atoms with Crippen molar-refractivity contribution in [3.63, 3.8) is 0 Å². The predicted octanol–water partition coefficient (Wildman–Crippen LogP) is 2.60. The van der Waals surface area contributed by atoms with Crippen LogP contribution >= 0.6 is 11.8 Å². The number of carbonyl (C=O) groups excluding carboxylic acids is 1. The lowest BCUT2D eigenvalue weighted by Crippen LogP contribution is -2.36. The minimum absolute atomic E-state index is 0.00942. The Kier molecular flexibility index (Phi) is 5.22. The zero-order chi connectivity index (χ0) is 13.7. The molecule has 1 fully saturated rings. The fourth-order valence-corrected chi connectivity index (χ4v) is 2.83. The van der Waals surface area contributed by atoms with Crippen LogP contribution in [0.4, 0.5) is 4.39 Å². The van der Waals surface area contributed by atoms with E-state index in [2.05, 4.69) is 5.32 Å². The van der Waals surface area contributed by atoms with E-state index in [-0.39, 0.29) is 23.1 Å². The third-order valence-electron chi connectivity index (χ3n) is 3.02. The molecule has 0 radical (unpaired) electrons. The second kappa shape index (κ2) is 6.91. The van der Waals surface area contributed by atoms with Crippen molar-refractivity contribution in [2.75, 3.05) is 13.2 Å². The van der Waals surface area contributed by atoms with Crippen LogP contribution in [0.3, 0.4) is 0 Å². The van der Waals surface area contributed by atoms with Gasteiger partial charge in [-0.1, -0.05) is 0 Å². The van der Waals surface area contributed by atoms with Gasteiger partial charge in [0.25, 0.3) is 0 Å². The van der Waals surface area contributed by atoms with Crippen LogP contribution < -0.4 is 5.32 Å². The lowest BCUT2D eigenvalue weighted by molar-refractivity contribution is -0.120. The van der Waals surface area contributed by atoms with E-state index in [4.69, 9.17) is 4.74 Å². The number of hydrogen-bond acceptors (Lipinski definition) is 3. The lowest BCUT2D eigenvalue weighted by Gasteiger charge is -2.14. The highest BCUT2D eigenvalue weighted by Crippen LogP contribution is 2.23. The van der Waals surface area contributed by atoms with Gasteiger partial charge in [-0.15, -0.1) is 11.8 Å². The average molecular weight is 283 g/mol. The number of hydrogen-bond donors (Lipinski definition) is 1. The largest absolute Gasteiger partial charge is 0.376 e. The van der Waals surface area contributed by atoms with Crippen molar-refractivity contribution >= 4 is 17.7 Å². The van der Waals surface area contributed by atoms with Gasteiger partial charge in [-0.3, -0.25) is 4.79 Å². The summed E-state index contributed by atoms with van der Waals surface area (Å²) in [5.74, 6) is -0.273. The summed E-state index contributed by atoms with van der Waals surface area (Å²) in [6, 6.07) is 6.17. The molecule has 1 saturated heterocycles. The number of thioether (sulfide) groups is 1. The van der Waals surface area contributed by atoms with Gasteiger partial charge in [-0.2, -0.15) is 0 Å². The molecule has 1 aliphatic heterocycles. The van der Waals surface area contributed by atoms with E-state index in [0.717, 1.165) is 24.3 Å². The van der Waals surface area contributed by atoms with Crippen molar-refractivity contribution in [3.8, 4) is 0 Å². The van der Waals surface area contributed by atoms with Crippen LogP contribution in [0.5, 0.6) is 0 Å². The highest BCUT2D eigenvalue weighted by molar-refractivity contribution is 8.00. The summed E-state index contributed by atoms with van der Waals surface area (Å²) >= 11 is 1.42. The van der Waals surface area contributed by atoms with Crippen LogP contribution in [0.25, 0.3) is 0 Å². The van der Waals surface area contributed by atoms with Crippen molar-refractivity contribution in [2.45, 2.75) is 36.0 Å². The van der Waals surface area contributed by atoms with E-state index < -0.39 is 0 Å². The first-order valence-electron chi connectivity index (χ1n) is 6.46. The number of rotatable bonds is 5. The van der Waals surface area contributed by atoms with Gasteiger partial charge >= 0.3 is 0 Å². The van der Waals surface area contributed by atoms with Crippen molar-refractivity contribution in [2.24, 2.45) is 0 Å². The van der Waals surface area contributed by atoms with Crippen LogP contribution in [-0.2, 0) is 9.53 Å². The molecule has 0 saturated carbocycles. The maximum absolute atomic E-state index is 12.8. The van der Waals surface area contributed by atoms with E-state index in [9.17, 15) is 9.18 Å². The molecule has 1 aliphatic rings. The van der Waals surface area contributed by atoms with Crippen LogP contribution in [0.15, 0.2) is 29.2 Å². The molecule has 2 atom stereocenters. The Labute approximate surface area is 116 Å². The lowest BCUT2D eigenvalue weighted by atomic mass is 10.2.